The number of nitrogens with zero attached hydrogens (tertiary/aromatic N) is 1. The first-order valence-electron chi connectivity index (χ1n) is 7.94. The van der Waals surface area contributed by atoms with Gasteiger partial charge in [0.1, 0.15) is 5.82 Å². The van der Waals surface area contributed by atoms with Crippen molar-refractivity contribution in [2.75, 3.05) is 5.32 Å². The monoisotopic (exact) mass is 335 g/mol. The van der Waals surface area contributed by atoms with Crippen LogP contribution in [-0.4, -0.2) is 9.55 Å². The number of aromatic amines is 1. The number of halogens is 2. The second-order valence-corrected chi connectivity index (χ2v) is 6.50. The minimum absolute atomic E-state index is 0.174. The highest BCUT2D eigenvalue weighted by Crippen LogP contribution is 2.29. The first-order valence-corrected chi connectivity index (χ1v) is 7.94. The molecule has 1 aliphatic heterocycles. The molecule has 3 rings (SSSR count). The molecule has 1 aliphatic rings. The summed E-state index contributed by atoms with van der Waals surface area (Å²) in [6, 6.07) is 3.42. The van der Waals surface area contributed by atoms with Crippen LogP contribution in [-0.2, 0) is 13.0 Å². The Morgan fingerprint density at radius 1 is 1.25 bits per heavy atom. The van der Waals surface area contributed by atoms with Crippen molar-refractivity contribution in [3.8, 4) is 0 Å². The van der Waals surface area contributed by atoms with E-state index in [1.807, 2.05) is 13.8 Å². The van der Waals surface area contributed by atoms with Gasteiger partial charge in [0.25, 0.3) is 5.56 Å². The smallest absolute Gasteiger partial charge is 0.329 e. The third-order valence-corrected chi connectivity index (χ3v) is 4.18. The minimum atomic E-state index is -0.916. The van der Waals surface area contributed by atoms with E-state index in [0.29, 0.717) is 36.3 Å². The molecule has 0 spiro atoms. The summed E-state index contributed by atoms with van der Waals surface area (Å²) >= 11 is 0. The molecule has 0 saturated heterocycles. The van der Waals surface area contributed by atoms with Crippen LogP contribution in [0.4, 0.5) is 14.6 Å². The average Bonchev–Trinajstić information content (AvgIpc) is 2.53. The fraction of sp³-hybridized carbons (Fsp3) is 0.412. The molecule has 1 aromatic carbocycles. The largest absolute Gasteiger partial charge is 0.364 e. The van der Waals surface area contributed by atoms with Gasteiger partial charge in [-0.1, -0.05) is 19.9 Å². The molecule has 0 unspecified atom stereocenters. The number of hydrogen-bond acceptors (Lipinski definition) is 3. The van der Waals surface area contributed by atoms with Crippen LogP contribution in [0, 0.1) is 17.6 Å². The van der Waals surface area contributed by atoms with Crippen molar-refractivity contribution < 1.29 is 8.78 Å². The number of hydrogen-bond donors (Lipinski definition) is 2. The minimum Gasteiger partial charge on any atom is -0.364 e. The molecular weight excluding hydrogens is 316 g/mol. The molecule has 0 aliphatic carbocycles. The van der Waals surface area contributed by atoms with Gasteiger partial charge in [0.15, 0.2) is 11.6 Å². The molecule has 1 aromatic heterocycles. The fourth-order valence-corrected chi connectivity index (χ4v) is 3.01. The van der Waals surface area contributed by atoms with Crippen molar-refractivity contribution in [1.82, 2.24) is 9.55 Å². The van der Waals surface area contributed by atoms with Gasteiger partial charge in [-0.25, -0.2) is 13.6 Å². The molecule has 1 atom stereocenters. The Bertz CT molecular complexity index is 886. The van der Waals surface area contributed by atoms with Gasteiger partial charge in [-0.3, -0.25) is 14.3 Å². The van der Waals surface area contributed by atoms with E-state index in [1.54, 1.807) is 0 Å². The van der Waals surface area contributed by atoms with Crippen LogP contribution in [0.5, 0.6) is 0 Å². The molecule has 0 saturated carbocycles. The van der Waals surface area contributed by atoms with E-state index in [0.717, 1.165) is 12.1 Å². The molecule has 5 nitrogen and oxygen atoms in total. The molecule has 2 aromatic rings. The van der Waals surface area contributed by atoms with E-state index in [9.17, 15) is 18.4 Å². The predicted octanol–water partition coefficient (Wildman–Crippen LogP) is 2.57. The Balaban J connectivity index is 1.95. The number of H-pyrrole nitrogens is 1. The number of nitrogens with one attached hydrogen (secondary N) is 2. The average molecular weight is 335 g/mol. The van der Waals surface area contributed by atoms with Crippen molar-refractivity contribution >= 4 is 5.82 Å². The molecule has 0 bridgehead atoms. The molecule has 2 heterocycles. The summed E-state index contributed by atoms with van der Waals surface area (Å²) in [6.07, 6.45) is 1.01. The van der Waals surface area contributed by atoms with Gasteiger partial charge < -0.3 is 5.32 Å². The predicted molar refractivity (Wildman–Crippen MR) is 87.2 cm³/mol. The normalized spacial score (nSPS) is 16.8. The molecule has 24 heavy (non-hydrogen) atoms. The lowest BCUT2D eigenvalue weighted by Gasteiger charge is -2.27. The fourth-order valence-electron chi connectivity index (χ4n) is 3.01. The van der Waals surface area contributed by atoms with Gasteiger partial charge in [0, 0.05) is 6.54 Å². The zero-order valence-electron chi connectivity index (χ0n) is 13.5. The van der Waals surface area contributed by atoms with E-state index in [4.69, 9.17) is 0 Å². The highest BCUT2D eigenvalue weighted by atomic mass is 19.2. The van der Waals surface area contributed by atoms with E-state index in [-0.39, 0.29) is 17.5 Å². The van der Waals surface area contributed by atoms with Gasteiger partial charge in [-0.05, 0) is 36.5 Å². The Morgan fingerprint density at radius 3 is 2.67 bits per heavy atom. The molecule has 128 valence electrons. The maximum atomic E-state index is 13.4. The Kier molecular flexibility index (Phi) is 4.26. The number of anilines is 1. The summed E-state index contributed by atoms with van der Waals surface area (Å²) in [5, 5.41) is 3.06. The third kappa shape index (κ3) is 2.98. The topological polar surface area (TPSA) is 66.9 Å². The summed E-state index contributed by atoms with van der Waals surface area (Å²) < 4.78 is 27.7. The van der Waals surface area contributed by atoms with E-state index in [2.05, 4.69) is 10.3 Å². The van der Waals surface area contributed by atoms with Crippen LogP contribution in [0.15, 0.2) is 27.8 Å². The second-order valence-electron chi connectivity index (χ2n) is 6.50. The van der Waals surface area contributed by atoms with Gasteiger partial charge >= 0.3 is 5.69 Å². The van der Waals surface area contributed by atoms with Crippen molar-refractivity contribution in [3.05, 3.63) is 61.8 Å². The molecule has 0 fully saturated rings. The standard InChI is InChI=1S/C17H19F2N3O2/c1-9(2)8-22-16(23)11-4-6-14(20-15(11)21-17(22)24)10-3-5-12(18)13(19)7-10/h3,5,7,9,14,20H,4,6,8H2,1-2H3,(H,21,24)/t14-/m1/s1. The van der Waals surface area contributed by atoms with Crippen molar-refractivity contribution in [3.63, 3.8) is 0 Å². The van der Waals surface area contributed by atoms with Gasteiger partial charge in [0.2, 0.25) is 0 Å². The molecule has 2 N–H and O–H groups in total. The molecule has 0 radical (unpaired) electrons. The van der Waals surface area contributed by atoms with Crippen LogP contribution >= 0.6 is 0 Å². The lowest BCUT2D eigenvalue weighted by Crippen LogP contribution is -2.41. The van der Waals surface area contributed by atoms with Gasteiger partial charge in [-0.2, -0.15) is 0 Å². The Morgan fingerprint density at radius 2 is 2.00 bits per heavy atom. The zero-order valence-corrected chi connectivity index (χ0v) is 13.5. The summed E-state index contributed by atoms with van der Waals surface area (Å²) in [5.74, 6) is -1.28. The summed E-state index contributed by atoms with van der Waals surface area (Å²) in [7, 11) is 0. The van der Waals surface area contributed by atoms with Crippen LogP contribution < -0.4 is 16.6 Å². The lowest BCUT2D eigenvalue weighted by molar-refractivity contribution is 0.485. The SMILES string of the molecule is CC(C)Cn1c(=O)[nH]c2c(c1=O)CC[C@H](c1ccc(F)c(F)c1)N2. The van der Waals surface area contributed by atoms with E-state index in [1.165, 1.54) is 10.6 Å². The second kappa shape index (κ2) is 6.22. The number of fused-ring (bicyclic) bond motifs is 1. The number of aromatic nitrogens is 2. The Labute approximate surface area is 137 Å². The van der Waals surface area contributed by atoms with Crippen LogP contribution in [0.1, 0.15) is 37.4 Å². The Hall–Kier alpha value is -2.44. The van der Waals surface area contributed by atoms with Crippen molar-refractivity contribution in [1.29, 1.82) is 0 Å². The highest BCUT2D eigenvalue weighted by Gasteiger charge is 2.24. The molecule has 7 heteroatoms. The lowest BCUT2D eigenvalue weighted by atomic mass is 9.95. The van der Waals surface area contributed by atoms with Crippen molar-refractivity contribution in [2.45, 2.75) is 39.3 Å². The number of rotatable bonds is 3. The van der Waals surface area contributed by atoms with E-state index < -0.39 is 17.3 Å². The first kappa shape index (κ1) is 16.4. The highest BCUT2D eigenvalue weighted by molar-refractivity contribution is 5.47. The maximum absolute atomic E-state index is 13.4. The first-order chi connectivity index (χ1) is 11.4. The summed E-state index contributed by atoms with van der Waals surface area (Å²) in [4.78, 5) is 27.3. The van der Waals surface area contributed by atoms with Crippen LogP contribution in [0.3, 0.4) is 0 Å². The third-order valence-electron chi connectivity index (χ3n) is 4.18. The zero-order chi connectivity index (χ0) is 17.4. The summed E-state index contributed by atoms with van der Waals surface area (Å²) in [6.45, 7) is 4.22. The van der Waals surface area contributed by atoms with Gasteiger partial charge in [0.05, 0.1) is 11.6 Å². The van der Waals surface area contributed by atoms with Gasteiger partial charge in [-0.15, -0.1) is 0 Å². The maximum Gasteiger partial charge on any atom is 0.329 e. The van der Waals surface area contributed by atoms with Crippen molar-refractivity contribution in [2.24, 2.45) is 5.92 Å². The van der Waals surface area contributed by atoms with Crippen LogP contribution in [0.2, 0.25) is 0 Å². The quantitative estimate of drug-likeness (QED) is 0.906. The van der Waals surface area contributed by atoms with Crippen LogP contribution in [0.25, 0.3) is 0 Å². The van der Waals surface area contributed by atoms with E-state index >= 15 is 0 Å². The summed E-state index contributed by atoms with van der Waals surface area (Å²) in [5.41, 5.74) is 0.338. The molecule has 0 amide bonds. The number of benzene rings is 1. The molecular formula is C17H19F2N3O2.